The fourth-order valence-electron chi connectivity index (χ4n) is 3.49. The minimum atomic E-state index is 0.640. The zero-order valence-corrected chi connectivity index (χ0v) is 12.4. The number of aromatic nitrogens is 2. The van der Waals surface area contributed by atoms with Gasteiger partial charge in [-0.05, 0) is 43.4 Å². The Morgan fingerprint density at radius 2 is 2.20 bits per heavy atom. The number of benzene rings is 1. The van der Waals surface area contributed by atoms with Crippen LogP contribution < -0.4 is 5.32 Å². The van der Waals surface area contributed by atoms with Gasteiger partial charge in [0.2, 0.25) is 0 Å². The first-order valence-corrected chi connectivity index (χ1v) is 8.05. The monoisotopic (exact) mass is 271 g/mol. The standard InChI is InChI=1S/C17H25N3/c1-2-4-13-5-3-6-15(8-7-13)19-16-9-10-17-14(11-16)12-18-20-17/h9-13,15,19H,2-8H2,1H3,(H,18,20). The quantitative estimate of drug-likeness (QED) is 0.790. The molecule has 0 spiro atoms. The van der Waals surface area contributed by atoms with Crippen molar-refractivity contribution in [1.82, 2.24) is 10.2 Å². The van der Waals surface area contributed by atoms with Gasteiger partial charge >= 0.3 is 0 Å². The third-order valence-electron chi connectivity index (χ3n) is 4.60. The fraction of sp³-hybridized carbons (Fsp3) is 0.588. The largest absolute Gasteiger partial charge is 0.382 e. The van der Waals surface area contributed by atoms with Crippen molar-refractivity contribution in [2.75, 3.05) is 5.32 Å². The van der Waals surface area contributed by atoms with E-state index in [-0.39, 0.29) is 0 Å². The van der Waals surface area contributed by atoms with Crippen molar-refractivity contribution < 1.29 is 0 Å². The molecule has 2 atom stereocenters. The Morgan fingerprint density at radius 1 is 1.25 bits per heavy atom. The summed E-state index contributed by atoms with van der Waals surface area (Å²) in [6.45, 7) is 2.31. The van der Waals surface area contributed by atoms with Crippen LogP contribution in [0.15, 0.2) is 24.4 Å². The van der Waals surface area contributed by atoms with E-state index in [0.717, 1.165) is 11.4 Å². The zero-order valence-electron chi connectivity index (χ0n) is 12.4. The van der Waals surface area contributed by atoms with Crippen molar-refractivity contribution in [2.24, 2.45) is 5.92 Å². The number of anilines is 1. The van der Waals surface area contributed by atoms with Gasteiger partial charge in [0, 0.05) is 17.1 Å². The molecule has 3 heteroatoms. The highest BCUT2D eigenvalue weighted by Gasteiger charge is 2.18. The van der Waals surface area contributed by atoms with Gasteiger partial charge in [-0.1, -0.05) is 32.6 Å². The van der Waals surface area contributed by atoms with Crippen molar-refractivity contribution in [3.8, 4) is 0 Å². The number of rotatable bonds is 4. The van der Waals surface area contributed by atoms with Crippen molar-refractivity contribution in [1.29, 1.82) is 0 Å². The van der Waals surface area contributed by atoms with Crippen LogP contribution in [0.4, 0.5) is 5.69 Å². The summed E-state index contributed by atoms with van der Waals surface area (Å²) in [6, 6.07) is 7.12. The molecular weight excluding hydrogens is 246 g/mol. The molecule has 1 heterocycles. The van der Waals surface area contributed by atoms with E-state index in [9.17, 15) is 0 Å². The number of aromatic amines is 1. The SMILES string of the molecule is CCCC1CCCC(Nc2ccc3[nH]ncc3c2)CC1. The number of nitrogens with zero attached hydrogens (tertiary/aromatic N) is 1. The highest BCUT2D eigenvalue weighted by Crippen LogP contribution is 2.28. The lowest BCUT2D eigenvalue weighted by Crippen LogP contribution is -2.18. The Morgan fingerprint density at radius 3 is 3.10 bits per heavy atom. The van der Waals surface area contributed by atoms with E-state index in [2.05, 4.69) is 40.6 Å². The summed E-state index contributed by atoms with van der Waals surface area (Å²) < 4.78 is 0. The molecule has 1 saturated carbocycles. The molecule has 3 nitrogen and oxygen atoms in total. The van der Waals surface area contributed by atoms with Crippen molar-refractivity contribution >= 4 is 16.6 Å². The summed E-state index contributed by atoms with van der Waals surface area (Å²) in [6.07, 6.45) is 11.4. The lowest BCUT2D eigenvalue weighted by molar-refractivity contribution is 0.422. The van der Waals surface area contributed by atoms with Crippen molar-refractivity contribution in [2.45, 2.75) is 57.9 Å². The second-order valence-corrected chi connectivity index (χ2v) is 6.18. The van der Waals surface area contributed by atoms with E-state index in [0.29, 0.717) is 6.04 Å². The van der Waals surface area contributed by atoms with Gasteiger partial charge < -0.3 is 5.32 Å². The Balaban J connectivity index is 1.62. The molecule has 108 valence electrons. The maximum atomic E-state index is 4.08. The summed E-state index contributed by atoms with van der Waals surface area (Å²) >= 11 is 0. The lowest BCUT2D eigenvalue weighted by Gasteiger charge is -2.18. The number of nitrogens with one attached hydrogen (secondary N) is 2. The Hall–Kier alpha value is -1.51. The maximum absolute atomic E-state index is 4.08. The van der Waals surface area contributed by atoms with Gasteiger partial charge in [-0.15, -0.1) is 0 Å². The van der Waals surface area contributed by atoms with Crippen molar-refractivity contribution in [3.63, 3.8) is 0 Å². The van der Waals surface area contributed by atoms with Gasteiger partial charge in [-0.3, -0.25) is 5.10 Å². The molecule has 2 N–H and O–H groups in total. The van der Waals surface area contributed by atoms with E-state index in [1.165, 1.54) is 56.0 Å². The van der Waals surface area contributed by atoms with Crippen LogP contribution in [0, 0.1) is 5.92 Å². The molecule has 0 saturated heterocycles. The Bertz CT molecular complexity index is 546. The molecule has 0 radical (unpaired) electrons. The second kappa shape index (κ2) is 6.29. The molecule has 1 aliphatic carbocycles. The van der Waals surface area contributed by atoms with Crippen LogP contribution >= 0.6 is 0 Å². The molecule has 20 heavy (non-hydrogen) atoms. The van der Waals surface area contributed by atoms with Crippen LogP contribution in [0.5, 0.6) is 0 Å². The summed E-state index contributed by atoms with van der Waals surface area (Å²) in [5, 5.41) is 12.0. The summed E-state index contributed by atoms with van der Waals surface area (Å²) in [7, 11) is 0. The Kier molecular flexibility index (Phi) is 4.24. The van der Waals surface area contributed by atoms with Gasteiger partial charge in [0.15, 0.2) is 0 Å². The van der Waals surface area contributed by atoms with Gasteiger partial charge in [0.05, 0.1) is 11.7 Å². The third kappa shape index (κ3) is 3.14. The number of hydrogen-bond donors (Lipinski definition) is 2. The van der Waals surface area contributed by atoms with E-state index in [1.54, 1.807) is 0 Å². The molecule has 0 amide bonds. The molecule has 1 aliphatic rings. The fourth-order valence-corrected chi connectivity index (χ4v) is 3.49. The zero-order chi connectivity index (χ0) is 13.8. The maximum Gasteiger partial charge on any atom is 0.0651 e. The minimum absolute atomic E-state index is 0.640. The van der Waals surface area contributed by atoms with Crippen LogP contribution in [0.1, 0.15) is 51.9 Å². The number of fused-ring (bicyclic) bond motifs is 1. The van der Waals surface area contributed by atoms with E-state index >= 15 is 0 Å². The molecule has 2 aromatic rings. The molecule has 3 rings (SSSR count). The molecular formula is C17H25N3. The summed E-state index contributed by atoms with van der Waals surface area (Å²) in [5.74, 6) is 0.961. The lowest BCUT2D eigenvalue weighted by atomic mass is 9.95. The first kappa shape index (κ1) is 13.5. The van der Waals surface area contributed by atoms with Crippen LogP contribution in [-0.2, 0) is 0 Å². The normalized spacial score (nSPS) is 23.6. The highest BCUT2D eigenvalue weighted by molar-refractivity contribution is 5.81. The average Bonchev–Trinajstić information content (AvgIpc) is 2.81. The summed E-state index contributed by atoms with van der Waals surface area (Å²) in [5.41, 5.74) is 2.34. The third-order valence-corrected chi connectivity index (χ3v) is 4.60. The topological polar surface area (TPSA) is 40.7 Å². The van der Waals surface area contributed by atoms with Crippen LogP contribution in [0.2, 0.25) is 0 Å². The molecule has 2 unspecified atom stereocenters. The molecule has 0 aliphatic heterocycles. The second-order valence-electron chi connectivity index (χ2n) is 6.18. The van der Waals surface area contributed by atoms with E-state index < -0.39 is 0 Å². The van der Waals surface area contributed by atoms with Crippen molar-refractivity contribution in [3.05, 3.63) is 24.4 Å². The first-order chi connectivity index (χ1) is 9.85. The smallest absolute Gasteiger partial charge is 0.0651 e. The number of hydrogen-bond acceptors (Lipinski definition) is 2. The molecule has 0 bridgehead atoms. The average molecular weight is 271 g/mol. The minimum Gasteiger partial charge on any atom is -0.382 e. The van der Waals surface area contributed by atoms with E-state index in [1.807, 2.05) is 6.20 Å². The summed E-state index contributed by atoms with van der Waals surface area (Å²) in [4.78, 5) is 0. The van der Waals surface area contributed by atoms with Gasteiger partial charge in [-0.25, -0.2) is 0 Å². The predicted molar refractivity (Wildman–Crippen MR) is 85.0 cm³/mol. The predicted octanol–water partition coefficient (Wildman–Crippen LogP) is 4.72. The van der Waals surface area contributed by atoms with Gasteiger partial charge in [-0.2, -0.15) is 5.10 Å². The Labute approximate surface area is 121 Å². The van der Waals surface area contributed by atoms with Crippen LogP contribution in [0.25, 0.3) is 10.9 Å². The first-order valence-electron chi connectivity index (χ1n) is 8.05. The molecule has 1 fully saturated rings. The highest BCUT2D eigenvalue weighted by atomic mass is 15.1. The van der Waals surface area contributed by atoms with E-state index in [4.69, 9.17) is 0 Å². The van der Waals surface area contributed by atoms with Crippen LogP contribution in [0.3, 0.4) is 0 Å². The van der Waals surface area contributed by atoms with Gasteiger partial charge in [0.1, 0.15) is 0 Å². The molecule has 1 aromatic heterocycles. The number of H-pyrrole nitrogens is 1. The molecule has 1 aromatic carbocycles. The van der Waals surface area contributed by atoms with Gasteiger partial charge in [0.25, 0.3) is 0 Å². The van der Waals surface area contributed by atoms with Crippen LogP contribution in [-0.4, -0.2) is 16.2 Å².